The topological polar surface area (TPSA) is 297 Å². The van der Waals surface area contributed by atoms with Crippen molar-refractivity contribution in [3.05, 3.63) is 94.0 Å². The Morgan fingerprint density at radius 2 is 1.33 bits per heavy atom. The van der Waals surface area contributed by atoms with Gasteiger partial charge in [-0.2, -0.15) is 13.7 Å². The number of primary amides is 2. The Kier molecular flexibility index (Phi) is 20.5. The fraction of sp³-hybridized carbons (Fsp3) is 0.128. The standard InChI is InChI=1S/C16H12IN3OS.C11H9N3OS.C8H6IN3OS.C3H4.CH4.H2O4S/c1-21-12-4-2-10(3-5-12)8-19-16-13-6-14(17)22-15(13)11(7-18)9-20-16;1-2-3-6-4-7-9(16-6)8(11(13)15)5-14-10(7)12;9-5-1-3-6(14-5)4(8(11)13)2-12-7(3)10;1-3-2;;1-5(2,3)4/h2-6,9H,8H2,1H3,(H,19,20);4-5H,1H3,(H2,12,14)(H2,13,15);1-2H,(H2,10,12)(H2,11,13);1H,2H3;1H4;(H2,1,2,3,4). The molecule has 0 aliphatic carbocycles. The average Bonchev–Trinajstić information content (AvgIpc) is 3.91. The molecular formula is C39H37I2N9O7S4. The summed E-state index contributed by atoms with van der Waals surface area (Å²) in [4.78, 5) is 35.4. The number of terminal acetylenes is 1. The van der Waals surface area contributed by atoms with Gasteiger partial charge < -0.3 is 33.0 Å². The number of rotatable bonds is 6. The number of hydrogen-bond donors (Lipinski definition) is 7. The number of carbonyl (C=O) groups excluding carboxylic acids is 2. The van der Waals surface area contributed by atoms with E-state index in [-0.39, 0.29) is 7.43 Å². The van der Waals surface area contributed by atoms with Crippen molar-refractivity contribution in [3.8, 4) is 36.0 Å². The van der Waals surface area contributed by atoms with Crippen molar-refractivity contribution in [2.75, 3.05) is 23.9 Å². The number of amides is 2. The van der Waals surface area contributed by atoms with Gasteiger partial charge in [-0.05, 0) is 94.9 Å². The molecule has 0 unspecified atom stereocenters. The number of nitriles is 1. The molecule has 0 saturated carbocycles. The fourth-order valence-corrected chi connectivity index (χ4v) is 9.52. The number of anilines is 3. The van der Waals surface area contributed by atoms with Gasteiger partial charge in [0.1, 0.15) is 29.3 Å². The van der Waals surface area contributed by atoms with Crippen LogP contribution < -0.4 is 33.0 Å². The largest absolute Gasteiger partial charge is 0.497 e. The van der Waals surface area contributed by atoms with Crippen LogP contribution in [0.3, 0.4) is 0 Å². The molecule has 0 bridgehead atoms. The van der Waals surface area contributed by atoms with Crippen LogP contribution in [0.5, 0.6) is 5.75 Å². The smallest absolute Gasteiger partial charge is 0.394 e. The number of carbonyl (C=O) groups is 2. The minimum Gasteiger partial charge on any atom is -0.497 e. The quantitative estimate of drug-likeness (QED) is 0.0473. The van der Waals surface area contributed by atoms with Crippen LogP contribution in [0.1, 0.15) is 58.0 Å². The van der Waals surface area contributed by atoms with Crippen LogP contribution in [-0.4, -0.2) is 51.4 Å². The molecular weight excluding hydrogens is 1090 g/mol. The van der Waals surface area contributed by atoms with E-state index in [1.165, 1.54) is 35.1 Å². The molecule has 11 N–H and O–H groups in total. The lowest BCUT2D eigenvalue weighted by Crippen LogP contribution is -2.11. The van der Waals surface area contributed by atoms with Crippen molar-refractivity contribution in [1.82, 2.24) is 15.0 Å². The summed E-state index contributed by atoms with van der Waals surface area (Å²) in [5, 5.41) is 15.1. The molecule has 16 nitrogen and oxygen atoms in total. The van der Waals surface area contributed by atoms with Crippen molar-refractivity contribution in [2.45, 2.75) is 27.8 Å². The fourth-order valence-electron chi connectivity index (χ4n) is 4.74. The van der Waals surface area contributed by atoms with E-state index in [0.717, 1.165) is 58.0 Å². The Labute approximate surface area is 391 Å². The second-order valence-electron chi connectivity index (χ2n) is 11.2. The highest BCUT2D eigenvalue weighted by molar-refractivity contribution is 14.1. The van der Waals surface area contributed by atoms with Crippen LogP contribution in [-0.2, 0) is 16.9 Å². The molecule has 6 aromatic heterocycles. The summed E-state index contributed by atoms with van der Waals surface area (Å²) >= 11 is 8.94. The second kappa shape index (κ2) is 24.2. The third-order valence-electron chi connectivity index (χ3n) is 7.18. The van der Waals surface area contributed by atoms with Crippen molar-refractivity contribution >= 4 is 149 Å². The van der Waals surface area contributed by atoms with Gasteiger partial charge in [0, 0.05) is 41.3 Å². The predicted octanol–water partition coefficient (Wildman–Crippen LogP) is 7.95. The Balaban J connectivity index is 0.000000293. The first kappa shape index (κ1) is 51.8. The van der Waals surface area contributed by atoms with Gasteiger partial charge >= 0.3 is 10.4 Å². The number of ether oxygens (including phenoxy) is 1. The highest BCUT2D eigenvalue weighted by Gasteiger charge is 2.14. The molecule has 0 aliphatic rings. The molecule has 6 heterocycles. The molecule has 1 aromatic carbocycles. The Hall–Kier alpha value is -5.37. The maximum Gasteiger partial charge on any atom is 0.394 e. The third-order valence-corrected chi connectivity index (χ3v) is 12.1. The lowest BCUT2D eigenvalue weighted by molar-refractivity contribution is 0.0993. The van der Waals surface area contributed by atoms with E-state index in [0.29, 0.717) is 34.9 Å². The van der Waals surface area contributed by atoms with E-state index in [1.54, 1.807) is 38.5 Å². The Bertz CT molecular complexity index is 2920. The number of thiophene rings is 3. The van der Waals surface area contributed by atoms with Crippen LogP contribution in [0.25, 0.3) is 30.3 Å². The summed E-state index contributed by atoms with van der Waals surface area (Å²) in [6.07, 6.45) is 9.05. The maximum absolute atomic E-state index is 11.2. The molecule has 0 saturated heterocycles. The second-order valence-corrected chi connectivity index (χ2v) is 19.1. The number of pyridine rings is 3. The first-order valence-corrected chi connectivity index (χ1v) is 22.3. The van der Waals surface area contributed by atoms with Gasteiger partial charge in [0.15, 0.2) is 0 Å². The summed E-state index contributed by atoms with van der Waals surface area (Å²) in [6.45, 7) is 4.07. The number of halogens is 2. The number of nitrogens with zero attached hydrogens (tertiary/aromatic N) is 4. The SMILES string of the molecule is C.C#CC.CC#Cc1cc2c(N)ncc(C(N)=O)c2s1.COc1ccc(CNc2ncc(C#N)c3sc(I)cc23)cc1.NC(=O)c1cnc(N)c2cc(I)sc12.O=S(=O)(O)O. The minimum absolute atomic E-state index is 0. The van der Waals surface area contributed by atoms with E-state index in [2.05, 4.69) is 102 Å². The molecule has 318 valence electrons. The highest BCUT2D eigenvalue weighted by Crippen LogP contribution is 2.34. The molecule has 0 fully saturated rings. The predicted molar refractivity (Wildman–Crippen MR) is 263 cm³/mol. The number of fused-ring (bicyclic) bond motifs is 3. The Morgan fingerprint density at radius 3 is 1.80 bits per heavy atom. The zero-order valence-corrected chi connectivity index (χ0v) is 39.1. The molecule has 0 spiro atoms. The Morgan fingerprint density at radius 1 is 0.852 bits per heavy atom. The number of nitrogens with one attached hydrogen (secondary N) is 1. The first-order chi connectivity index (χ1) is 28.3. The molecule has 7 aromatic rings. The third kappa shape index (κ3) is 15.2. The zero-order valence-electron chi connectivity index (χ0n) is 31.5. The summed E-state index contributed by atoms with van der Waals surface area (Å²) in [5.74, 6) is 9.47. The van der Waals surface area contributed by atoms with Crippen LogP contribution in [0.4, 0.5) is 17.5 Å². The molecule has 0 atom stereocenters. The van der Waals surface area contributed by atoms with Gasteiger partial charge in [0.2, 0.25) is 0 Å². The van der Waals surface area contributed by atoms with Gasteiger partial charge in [-0.3, -0.25) is 18.7 Å². The summed E-state index contributed by atoms with van der Waals surface area (Å²) in [5.41, 5.74) is 24.5. The van der Waals surface area contributed by atoms with Gasteiger partial charge in [0.05, 0.1) is 48.5 Å². The molecule has 61 heavy (non-hydrogen) atoms. The van der Waals surface area contributed by atoms with Gasteiger partial charge in [-0.15, -0.1) is 52.3 Å². The van der Waals surface area contributed by atoms with Crippen molar-refractivity contribution in [2.24, 2.45) is 11.5 Å². The molecule has 7 rings (SSSR count). The molecule has 0 aliphatic heterocycles. The van der Waals surface area contributed by atoms with Gasteiger partial charge in [-0.25, -0.2) is 15.0 Å². The normalized spacial score (nSPS) is 9.85. The molecule has 0 radical (unpaired) electrons. The number of aromatic nitrogens is 3. The monoisotopic (exact) mass is 1120 g/mol. The highest BCUT2D eigenvalue weighted by atomic mass is 127. The molecule has 2 amide bonds. The number of hydrogen-bond acceptors (Lipinski definition) is 15. The number of nitrogens with two attached hydrogens (primary N) is 4. The molecule has 22 heteroatoms. The van der Waals surface area contributed by atoms with E-state index < -0.39 is 22.2 Å². The summed E-state index contributed by atoms with van der Waals surface area (Å²) < 4.78 is 41.5. The van der Waals surface area contributed by atoms with Crippen LogP contribution in [0.2, 0.25) is 0 Å². The average molecular weight is 1130 g/mol. The van der Waals surface area contributed by atoms with Crippen LogP contribution in [0, 0.1) is 41.3 Å². The lowest BCUT2D eigenvalue weighted by Gasteiger charge is -2.08. The summed E-state index contributed by atoms with van der Waals surface area (Å²) in [7, 11) is -3.01. The van der Waals surface area contributed by atoms with E-state index in [9.17, 15) is 14.9 Å². The zero-order chi connectivity index (χ0) is 44.7. The van der Waals surface area contributed by atoms with Gasteiger partial charge in [0.25, 0.3) is 11.8 Å². The first-order valence-electron chi connectivity index (χ1n) is 16.3. The maximum atomic E-state index is 11.2. The number of benzene rings is 1. The lowest BCUT2D eigenvalue weighted by atomic mass is 10.2. The van der Waals surface area contributed by atoms with Crippen LogP contribution in [0.15, 0.2) is 61.1 Å². The van der Waals surface area contributed by atoms with E-state index in [1.807, 2.05) is 36.4 Å². The van der Waals surface area contributed by atoms with Crippen molar-refractivity contribution < 1.29 is 31.8 Å². The van der Waals surface area contributed by atoms with Crippen molar-refractivity contribution in [1.29, 1.82) is 5.26 Å². The van der Waals surface area contributed by atoms with Crippen LogP contribution >= 0.6 is 79.2 Å². The van der Waals surface area contributed by atoms with E-state index in [4.69, 9.17) is 45.2 Å². The van der Waals surface area contributed by atoms with Gasteiger partial charge in [-0.1, -0.05) is 25.5 Å². The number of nitrogen functional groups attached to an aromatic ring is 2. The summed E-state index contributed by atoms with van der Waals surface area (Å²) in [6, 6.07) is 15.9. The van der Waals surface area contributed by atoms with Crippen molar-refractivity contribution in [3.63, 3.8) is 0 Å². The number of methoxy groups -OCH3 is 1. The van der Waals surface area contributed by atoms with E-state index >= 15 is 0 Å². The minimum atomic E-state index is -4.67.